The number of carbonyl (C=O) groups is 1. The van der Waals surface area contributed by atoms with Crippen molar-refractivity contribution in [2.75, 3.05) is 5.32 Å². The number of aromatic nitrogens is 2. The van der Waals surface area contributed by atoms with E-state index in [0.29, 0.717) is 11.3 Å². The molecule has 2 N–H and O–H groups in total. The van der Waals surface area contributed by atoms with Crippen molar-refractivity contribution in [2.24, 2.45) is 5.92 Å². The maximum Gasteiger partial charge on any atom is 0.361 e. The molecule has 0 radical (unpaired) electrons. The predicted molar refractivity (Wildman–Crippen MR) is 107 cm³/mol. The van der Waals surface area contributed by atoms with Crippen LogP contribution in [0.3, 0.4) is 0 Å². The van der Waals surface area contributed by atoms with Gasteiger partial charge in [0.25, 0.3) is 0 Å². The van der Waals surface area contributed by atoms with Gasteiger partial charge in [0.2, 0.25) is 0 Å². The maximum absolute atomic E-state index is 13.5. The molecule has 2 unspecified atom stereocenters. The van der Waals surface area contributed by atoms with E-state index in [4.69, 9.17) is 4.42 Å². The molecule has 1 aliphatic rings. The number of fused-ring (bicyclic) bond motifs is 3. The van der Waals surface area contributed by atoms with E-state index in [1.165, 1.54) is 0 Å². The number of carbonyl (C=O) groups excluding carboxylic acids is 1. The minimum atomic E-state index is -0.496. The fourth-order valence-electron chi connectivity index (χ4n) is 4.04. The SMILES string of the molecule is C=C1Nc2[nH]c3ccccc3[n+]2C(c2ccc(C)o2)C1C(=O)c1ccccc1. The molecule has 28 heavy (non-hydrogen) atoms. The second kappa shape index (κ2) is 6.23. The van der Waals surface area contributed by atoms with E-state index in [9.17, 15) is 4.79 Å². The Morgan fingerprint density at radius 1 is 1.04 bits per heavy atom. The van der Waals surface area contributed by atoms with Crippen LogP contribution in [-0.2, 0) is 0 Å². The molecule has 1 aliphatic heterocycles. The van der Waals surface area contributed by atoms with Gasteiger partial charge in [0, 0.05) is 5.56 Å². The minimum Gasteiger partial charge on any atom is -0.463 e. The van der Waals surface area contributed by atoms with Gasteiger partial charge in [-0.1, -0.05) is 49.0 Å². The first-order valence-corrected chi connectivity index (χ1v) is 9.27. The molecule has 0 spiro atoms. The van der Waals surface area contributed by atoms with Crippen LogP contribution in [0.5, 0.6) is 0 Å². The summed E-state index contributed by atoms with van der Waals surface area (Å²) in [5, 5.41) is 3.31. The molecule has 3 heterocycles. The Morgan fingerprint density at radius 3 is 2.54 bits per heavy atom. The highest BCUT2D eigenvalue weighted by molar-refractivity contribution is 6.00. The Labute approximate surface area is 162 Å². The first-order chi connectivity index (χ1) is 13.6. The standard InChI is InChI=1S/C23H19N3O2/c1-14-12-13-19(28-14)21-20(22(27)16-8-4-3-5-9-16)15(2)24-23-25-17-10-6-7-11-18(17)26(21)23/h3-13,20-21H,2H2,1H3,(H,24,25)/p+1. The molecule has 0 saturated carbocycles. The summed E-state index contributed by atoms with van der Waals surface area (Å²) >= 11 is 0. The molecule has 0 saturated heterocycles. The van der Waals surface area contributed by atoms with Crippen LogP contribution in [0.1, 0.15) is 27.9 Å². The van der Waals surface area contributed by atoms with Gasteiger partial charge in [-0.05, 0) is 31.2 Å². The predicted octanol–water partition coefficient (Wildman–Crippen LogP) is 4.38. The van der Waals surface area contributed by atoms with Gasteiger partial charge < -0.3 is 4.42 Å². The fourth-order valence-corrected chi connectivity index (χ4v) is 4.04. The van der Waals surface area contributed by atoms with E-state index in [1.807, 2.05) is 73.7 Å². The van der Waals surface area contributed by atoms with E-state index in [0.717, 1.165) is 28.5 Å². The number of para-hydroxylation sites is 2. The Hall–Kier alpha value is -3.60. The number of Topliss-reactive ketones (excluding diaryl/α,β-unsaturated/α-hetero) is 1. The lowest BCUT2D eigenvalue weighted by Gasteiger charge is -2.29. The number of furan rings is 1. The summed E-state index contributed by atoms with van der Waals surface area (Å²) in [6, 6.07) is 20.9. The van der Waals surface area contributed by atoms with Crippen molar-refractivity contribution in [1.29, 1.82) is 0 Å². The third-order valence-electron chi connectivity index (χ3n) is 5.30. The highest BCUT2D eigenvalue weighted by Crippen LogP contribution is 2.37. The molecule has 5 rings (SSSR count). The first-order valence-electron chi connectivity index (χ1n) is 9.27. The van der Waals surface area contributed by atoms with Crippen LogP contribution < -0.4 is 9.88 Å². The van der Waals surface area contributed by atoms with Crippen LogP contribution in [0, 0.1) is 12.8 Å². The topological polar surface area (TPSA) is 61.9 Å². The average molecular weight is 370 g/mol. The normalized spacial score (nSPS) is 18.7. The number of benzene rings is 2. The fraction of sp³-hybridized carbons (Fsp3) is 0.130. The van der Waals surface area contributed by atoms with Crippen LogP contribution in [0.4, 0.5) is 5.95 Å². The Balaban J connectivity index is 1.74. The van der Waals surface area contributed by atoms with E-state index in [-0.39, 0.29) is 11.8 Å². The second-order valence-electron chi connectivity index (χ2n) is 7.11. The van der Waals surface area contributed by atoms with Crippen LogP contribution in [0.15, 0.2) is 83.4 Å². The zero-order valence-electron chi connectivity index (χ0n) is 15.5. The number of hydrogen-bond donors (Lipinski definition) is 2. The molecule has 2 aromatic heterocycles. The van der Waals surface area contributed by atoms with Crippen molar-refractivity contribution in [3.63, 3.8) is 0 Å². The highest BCUT2D eigenvalue weighted by Gasteiger charge is 2.46. The Morgan fingerprint density at radius 2 is 1.79 bits per heavy atom. The van der Waals surface area contributed by atoms with E-state index < -0.39 is 5.92 Å². The highest BCUT2D eigenvalue weighted by atomic mass is 16.3. The molecular formula is C23H20N3O2+. The zero-order chi connectivity index (χ0) is 19.3. The zero-order valence-corrected chi connectivity index (χ0v) is 15.5. The number of H-pyrrole nitrogens is 1. The van der Waals surface area contributed by atoms with Gasteiger partial charge in [0.1, 0.15) is 28.5 Å². The smallest absolute Gasteiger partial charge is 0.361 e. The number of nitrogens with one attached hydrogen (secondary N) is 2. The molecular weight excluding hydrogens is 350 g/mol. The summed E-state index contributed by atoms with van der Waals surface area (Å²) in [5.74, 6) is 1.87. The molecule has 0 bridgehead atoms. The number of nitrogens with zero attached hydrogens (tertiary/aromatic N) is 1. The summed E-state index contributed by atoms with van der Waals surface area (Å²) in [5.41, 5.74) is 3.30. The van der Waals surface area contributed by atoms with E-state index >= 15 is 0 Å². The van der Waals surface area contributed by atoms with Crippen LogP contribution in [0.2, 0.25) is 0 Å². The first kappa shape index (κ1) is 16.6. The van der Waals surface area contributed by atoms with Crippen molar-refractivity contribution >= 4 is 22.8 Å². The summed E-state index contributed by atoms with van der Waals surface area (Å²) < 4.78 is 8.11. The summed E-state index contributed by atoms with van der Waals surface area (Å²) in [7, 11) is 0. The number of aryl methyl sites for hydroxylation is 1. The summed E-state index contributed by atoms with van der Waals surface area (Å²) in [6.45, 7) is 6.10. The van der Waals surface area contributed by atoms with Crippen molar-refractivity contribution in [2.45, 2.75) is 13.0 Å². The molecule has 2 aromatic carbocycles. The number of ketones is 1. The van der Waals surface area contributed by atoms with Crippen molar-refractivity contribution in [3.05, 3.63) is 96.1 Å². The Kier molecular flexibility index (Phi) is 3.69. The third kappa shape index (κ3) is 2.47. The number of imidazole rings is 1. The van der Waals surface area contributed by atoms with Gasteiger partial charge >= 0.3 is 5.95 Å². The largest absolute Gasteiger partial charge is 0.463 e. The van der Waals surface area contributed by atoms with E-state index in [2.05, 4.69) is 21.4 Å². The van der Waals surface area contributed by atoms with Gasteiger partial charge in [0.05, 0.1) is 5.70 Å². The van der Waals surface area contributed by atoms with Crippen molar-refractivity contribution in [1.82, 2.24) is 4.98 Å². The molecule has 0 amide bonds. The lowest BCUT2D eigenvalue weighted by atomic mass is 9.85. The minimum absolute atomic E-state index is 0.0144. The summed E-state index contributed by atoms with van der Waals surface area (Å²) in [4.78, 5) is 16.9. The van der Waals surface area contributed by atoms with Gasteiger partial charge in [-0.2, -0.15) is 0 Å². The second-order valence-corrected chi connectivity index (χ2v) is 7.11. The average Bonchev–Trinajstić information content (AvgIpc) is 3.30. The van der Waals surface area contributed by atoms with Gasteiger partial charge in [-0.3, -0.25) is 4.79 Å². The number of hydrogen-bond acceptors (Lipinski definition) is 3. The number of allylic oxidation sites excluding steroid dienone is 1. The molecule has 5 heteroatoms. The molecule has 138 valence electrons. The van der Waals surface area contributed by atoms with Crippen molar-refractivity contribution < 1.29 is 13.8 Å². The van der Waals surface area contributed by atoms with Crippen molar-refractivity contribution in [3.8, 4) is 0 Å². The lowest BCUT2D eigenvalue weighted by Crippen LogP contribution is -2.52. The Bertz CT molecular complexity index is 1200. The van der Waals surface area contributed by atoms with Crippen LogP contribution >= 0.6 is 0 Å². The van der Waals surface area contributed by atoms with E-state index in [1.54, 1.807) is 0 Å². The lowest BCUT2D eigenvalue weighted by molar-refractivity contribution is -0.683. The van der Waals surface area contributed by atoms with Gasteiger partial charge in [-0.25, -0.2) is 14.9 Å². The molecule has 0 aliphatic carbocycles. The number of anilines is 1. The quantitative estimate of drug-likeness (QED) is 0.415. The van der Waals surface area contributed by atoms with Gasteiger partial charge in [-0.15, -0.1) is 0 Å². The molecule has 5 nitrogen and oxygen atoms in total. The maximum atomic E-state index is 13.5. The summed E-state index contributed by atoms with van der Waals surface area (Å²) in [6.07, 6.45) is 0. The molecule has 4 aromatic rings. The number of rotatable bonds is 3. The monoisotopic (exact) mass is 370 g/mol. The third-order valence-corrected chi connectivity index (χ3v) is 5.30. The number of aromatic amines is 1. The van der Waals surface area contributed by atoms with Crippen LogP contribution in [-0.4, -0.2) is 10.8 Å². The molecule has 0 fully saturated rings. The molecule has 2 atom stereocenters. The van der Waals surface area contributed by atoms with Crippen LogP contribution in [0.25, 0.3) is 11.0 Å². The van der Waals surface area contributed by atoms with Gasteiger partial charge in [0.15, 0.2) is 11.8 Å².